The average Bonchev–Trinajstić information content (AvgIpc) is 3.17. The fourth-order valence-electron chi connectivity index (χ4n) is 4.51. The molecular formula is C27H22O8. The van der Waals surface area contributed by atoms with Crippen LogP contribution >= 0.6 is 0 Å². The van der Waals surface area contributed by atoms with E-state index in [2.05, 4.69) is 0 Å². The number of ether oxygens (including phenoxy) is 5. The Kier molecular flexibility index (Phi) is 5.56. The summed E-state index contributed by atoms with van der Waals surface area (Å²) in [6.45, 7) is 0. The van der Waals surface area contributed by atoms with E-state index in [1.54, 1.807) is 48.5 Å². The van der Waals surface area contributed by atoms with Crippen LogP contribution in [0.15, 0.2) is 54.3 Å². The van der Waals surface area contributed by atoms with Crippen molar-refractivity contribution in [2.75, 3.05) is 21.3 Å². The highest BCUT2D eigenvalue weighted by atomic mass is 16.5. The van der Waals surface area contributed by atoms with Gasteiger partial charge >= 0.3 is 5.97 Å². The van der Waals surface area contributed by atoms with E-state index in [0.717, 1.165) is 0 Å². The monoisotopic (exact) mass is 474 g/mol. The van der Waals surface area contributed by atoms with Crippen LogP contribution in [0.25, 0.3) is 6.08 Å². The van der Waals surface area contributed by atoms with Gasteiger partial charge in [0.15, 0.2) is 17.3 Å². The smallest absolute Gasteiger partial charge is 0.312 e. The number of phenols is 1. The predicted octanol–water partition coefficient (Wildman–Crippen LogP) is 4.48. The second kappa shape index (κ2) is 8.72. The van der Waals surface area contributed by atoms with Gasteiger partial charge in [0.2, 0.25) is 11.5 Å². The van der Waals surface area contributed by atoms with E-state index in [-0.39, 0.29) is 23.7 Å². The van der Waals surface area contributed by atoms with E-state index in [1.165, 1.54) is 21.3 Å². The van der Waals surface area contributed by atoms with Crippen LogP contribution in [0.3, 0.4) is 0 Å². The summed E-state index contributed by atoms with van der Waals surface area (Å²) in [7, 11) is 4.52. The van der Waals surface area contributed by atoms with E-state index in [0.29, 0.717) is 51.0 Å². The summed E-state index contributed by atoms with van der Waals surface area (Å²) in [5.74, 6) is 0.923. The zero-order chi connectivity index (χ0) is 24.7. The van der Waals surface area contributed by atoms with Crippen molar-refractivity contribution < 1.29 is 38.4 Å². The second-order valence-electron chi connectivity index (χ2n) is 8.04. The van der Waals surface area contributed by atoms with E-state index < -0.39 is 11.9 Å². The maximum atomic E-state index is 13.3. The molecule has 2 aliphatic rings. The number of rotatable bonds is 5. The first-order chi connectivity index (χ1) is 16.9. The van der Waals surface area contributed by atoms with Gasteiger partial charge in [-0.2, -0.15) is 0 Å². The molecule has 0 fully saturated rings. The lowest BCUT2D eigenvalue weighted by atomic mass is 9.84. The van der Waals surface area contributed by atoms with Gasteiger partial charge in [0, 0.05) is 17.0 Å². The third-order valence-electron chi connectivity index (χ3n) is 6.07. The van der Waals surface area contributed by atoms with Crippen LogP contribution in [-0.4, -0.2) is 38.2 Å². The molecule has 0 radical (unpaired) electrons. The lowest BCUT2D eigenvalue weighted by molar-refractivity contribution is -0.135. The van der Waals surface area contributed by atoms with Gasteiger partial charge in [-0.25, -0.2) is 0 Å². The zero-order valence-corrected chi connectivity index (χ0v) is 19.3. The van der Waals surface area contributed by atoms with Crippen molar-refractivity contribution >= 4 is 17.8 Å². The number of aromatic hydroxyl groups is 1. The Hall–Kier alpha value is -4.46. The van der Waals surface area contributed by atoms with E-state index >= 15 is 0 Å². The molecule has 0 saturated carbocycles. The first-order valence-electron chi connectivity index (χ1n) is 10.8. The highest BCUT2D eigenvalue weighted by molar-refractivity contribution is 6.15. The van der Waals surface area contributed by atoms with Crippen molar-refractivity contribution in [2.45, 2.75) is 12.3 Å². The number of phenolic OH excluding ortho intramolecular Hbond substituents is 1. The van der Waals surface area contributed by atoms with Crippen LogP contribution < -0.4 is 23.7 Å². The molecule has 1 atom stereocenters. The SMILES string of the molecule is COc1ccc(C=C2Oc3c(ccc4c3C(c3cccc(O)c3)CC(=O)O4)C2=O)c(OC)c1OC. The fraction of sp³-hybridized carbons (Fsp3) is 0.185. The second-order valence-corrected chi connectivity index (χ2v) is 8.04. The number of carbonyl (C=O) groups excluding carboxylic acids is 2. The normalized spacial score (nSPS) is 17.3. The Balaban J connectivity index is 1.61. The van der Waals surface area contributed by atoms with E-state index in [9.17, 15) is 14.7 Å². The summed E-state index contributed by atoms with van der Waals surface area (Å²) < 4.78 is 27.8. The molecule has 3 aromatic carbocycles. The van der Waals surface area contributed by atoms with Gasteiger partial charge < -0.3 is 28.8 Å². The molecule has 178 valence electrons. The highest BCUT2D eigenvalue weighted by Gasteiger charge is 2.38. The predicted molar refractivity (Wildman–Crippen MR) is 126 cm³/mol. The average molecular weight is 474 g/mol. The maximum absolute atomic E-state index is 13.3. The molecule has 0 bridgehead atoms. The molecule has 2 heterocycles. The standard InChI is InChI=1S/C27H22O8/c1-31-20-9-7-15(25(32-2)27(20)33-3)12-21-24(30)17-8-10-19-23(26(17)35-21)18(13-22(29)34-19)14-5-4-6-16(28)11-14/h4-12,18,28H,13H2,1-3H3. The molecule has 1 unspecified atom stereocenters. The third kappa shape index (κ3) is 3.73. The van der Waals surface area contributed by atoms with Crippen LogP contribution in [0.5, 0.6) is 34.5 Å². The number of carbonyl (C=O) groups is 2. The Bertz CT molecular complexity index is 1390. The molecule has 8 heteroatoms. The molecule has 0 saturated heterocycles. The number of allylic oxidation sites excluding steroid dienone is 1. The Morgan fingerprint density at radius 3 is 2.46 bits per heavy atom. The lowest BCUT2D eigenvalue weighted by Crippen LogP contribution is -2.21. The summed E-state index contributed by atoms with van der Waals surface area (Å²) in [4.78, 5) is 25.6. The van der Waals surface area contributed by atoms with Gasteiger partial charge in [0.1, 0.15) is 17.2 Å². The molecule has 5 rings (SSSR count). The van der Waals surface area contributed by atoms with Crippen LogP contribution in [0, 0.1) is 0 Å². The Morgan fingerprint density at radius 1 is 0.943 bits per heavy atom. The summed E-state index contributed by atoms with van der Waals surface area (Å²) in [5, 5.41) is 9.99. The van der Waals surface area contributed by atoms with Crippen LogP contribution in [0.1, 0.15) is 39.4 Å². The molecule has 35 heavy (non-hydrogen) atoms. The summed E-state index contributed by atoms with van der Waals surface area (Å²) in [5.41, 5.74) is 2.22. The minimum atomic E-state index is -0.448. The summed E-state index contributed by atoms with van der Waals surface area (Å²) in [6.07, 6.45) is 1.63. The number of hydrogen-bond donors (Lipinski definition) is 1. The molecule has 0 aromatic heterocycles. The summed E-state index contributed by atoms with van der Waals surface area (Å²) in [6, 6.07) is 13.3. The van der Waals surface area contributed by atoms with Crippen molar-refractivity contribution in [3.8, 4) is 34.5 Å². The van der Waals surface area contributed by atoms with Gasteiger partial charge in [0.05, 0.1) is 33.3 Å². The van der Waals surface area contributed by atoms with Gasteiger partial charge in [0.25, 0.3) is 0 Å². The molecule has 1 N–H and O–H groups in total. The third-order valence-corrected chi connectivity index (χ3v) is 6.07. The largest absolute Gasteiger partial charge is 0.508 e. The van der Waals surface area contributed by atoms with Crippen molar-refractivity contribution in [3.05, 3.63) is 76.5 Å². The number of ketones is 1. The lowest BCUT2D eigenvalue weighted by Gasteiger charge is -2.26. The first-order valence-corrected chi connectivity index (χ1v) is 10.8. The zero-order valence-electron chi connectivity index (χ0n) is 19.3. The fourth-order valence-corrected chi connectivity index (χ4v) is 4.51. The molecule has 2 aliphatic heterocycles. The molecule has 3 aromatic rings. The molecular weight excluding hydrogens is 452 g/mol. The van der Waals surface area contributed by atoms with E-state index in [4.69, 9.17) is 23.7 Å². The molecule has 0 aliphatic carbocycles. The summed E-state index contributed by atoms with van der Waals surface area (Å²) >= 11 is 0. The van der Waals surface area contributed by atoms with Crippen molar-refractivity contribution in [2.24, 2.45) is 0 Å². The maximum Gasteiger partial charge on any atom is 0.312 e. The van der Waals surface area contributed by atoms with Gasteiger partial charge in [-0.05, 0) is 48.0 Å². The number of methoxy groups -OCH3 is 3. The van der Waals surface area contributed by atoms with Crippen molar-refractivity contribution in [1.82, 2.24) is 0 Å². The Labute approximate surface area is 201 Å². The van der Waals surface area contributed by atoms with E-state index in [1.807, 2.05) is 6.07 Å². The minimum Gasteiger partial charge on any atom is -0.508 e. The van der Waals surface area contributed by atoms with Crippen LogP contribution in [-0.2, 0) is 4.79 Å². The topological polar surface area (TPSA) is 101 Å². The van der Waals surface area contributed by atoms with Gasteiger partial charge in [-0.1, -0.05) is 12.1 Å². The Morgan fingerprint density at radius 2 is 1.74 bits per heavy atom. The number of benzene rings is 3. The van der Waals surface area contributed by atoms with Gasteiger partial charge in [-0.3, -0.25) is 9.59 Å². The number of fused-ring (bicyclic) bond motifs is 3. The number of esters is 1. The molecule has 0 amide bonds. The molecule has 8 nitrogen and oxygen atoms in total. The number of hydrogen-bond acceptors (Lipinski definition) is 8. The quantitative estimate of drug-likeness (QED) is 0.328. The minimum absolute atomic E-state index is 0.0486. The van der Waals surface area contributed by atoms with Crippen molar-refractivity contribution in [3.63, 3.8) is 0 Å². The van der Waals surface area contributed by atoms with Crippen molar-refractivity contribution in [1.29, 1.82) is 0 Å². The first kappa shape index (κ1) is 22.3. The number of Topliss-reactive ketones (excluding diaryl/α,β-unsaturated/α-hetero) is 1. The van der Waals surface area contributed by atoms with Gasteiger partial charge in [-0.15, -0.1) is 0 Å². The molecule has 0 spiro atoms. The van der Waals surface area contributed by atoms with Crippen LogP contribution in [0.2, 0.25) is 0 Å². The highest BCUT2D eigenvalue weighted by Crippen LogP contribution is 2.49. The van der Waals surface area contributed by atoms with Crippen LogP contribution in [0.4, 0.5) is 0 Å².